The van der Waals surface area contributed by atoms with Crippen molar-refractivity contribution >= 4 is 23.4 Å². The van der Waals surface area contributed by atoms with Gasteiger partial charge in [-0.25, -0.2) is 0 Å². The quantitative estimate of drug-likeness (QED) is 0.345. The number of nitrogens with zero attached hydrogens (tertiary/aromatic N) is 3. The average molecular weight is 614 g/mol. The fourth-order valence-corrected chi connectivity index (χ4v) is 6.39. The van der Waals surface area contributed by atoms with Crippen LogP contribution in [-0.2, 0) is 14.4 Å². The summed E-state index contributed by atoms with van der Waals surface area (Å²) in [6.07, 6.45) is 0.0502. The van der Waals surface area contributed by atoms with Gasteiger partial charge in [-0.1, -0.05) is 41.5 Å². The maximum absolute atomic E-state index is 14.3. The molecule has 3 aromatic rings. The first-order valence-electron chi connectivity index (χ1n) is 15.5. The van der Waals surface area contributed by atoms with Gasteiger partial charge >= 0.3 is 0 Å². The van der Waals surface area contributed by atoms with Crippen molar-refractivity contribution in [2.45, 2.75) is 52.7 Å². The van der Waals surface area contributed by atoms with Crippen molar-refractivity contribution in [2.75, 3.05) is 45.3 Å². The van der Waals surface area contributed by atoms with Gasteiger partial charge < -0.3 is 28.9 Å². The summed E-state index contributed by atoms with van der Waals surface area (Å²) in [7, 11) is 3.15. The molecule has 238 valence electrons. The lowest BCUT2D eigenvalue weighted by atomic mass is 9.82. The average Bonchev–Trinajstić information content (AvgIpc) is 3.05. The second kappa shape index (κ2) is 13.6. The summed E-state index contributed by atoms with van der Waals surface area (Å²) in [6, 6.07) is 18.7. The van der Waals surface area contributed by atoms with Gasteiger partial charge in [0.15, 0.2) is 17.6 Å². The van der Waals surface area contributed by atoms with E-state index in [4.69, 9.17) is 14.2 Å². The lowest BCUT2D eigenvalue weighted by Gasteiger charge is -2.44. The number of hydrogen-bond acceptors (Lipinski definition) is 6. The summed E-state index contributed by atoms with van der Waals surface area (Å²) in [6.45, 7) is 9.42. The minimum Gasteiger partial charge on any atom is -0.493 e. The molecule has 3 atom stereocenters. The monoisotopic (exact) mass is 613 g/mol. The molecule has 2 saturated heterocycles. The van der Waals surface area contributed by atoms with E-state index in [1.54, 1.807) is 30.9 Å². The number of anilines is 1. The molecule has 0 saturated carbocycles. The van der Waals surface area contributed by atoms with Crippen molar-refractivity contribution in [2.24, 2.45) is 5.92 Å². The number of piperazine rings is 1. The van der Waals surface area contributed by atoms with E-state index in [-0.39, 0.29) is 24.1 Å². The van der Waals surface area contributed by atoms with Crippen LogP contribution in [0.4, 0.5) is 5.69 Å². The van der Waals surface area contributed by atoms with Crippen LogP contribution in [-0.4, -0.2) is 74.0 Å². The normalized spacial score (nSPS) is 19.2. The van der Waals surface area contributed by atoms with E-state index in [0.29, 0.717) is 49.8 Å². The number of rotatable bonds is 8. The van der Waals surface area contributed by atoms with Gasteiger partial charge in [-0.05, 0) is 75.6 Å². The maximum atomic E-state index is 14.3. The highest BCUT2D eigenvalue weighted by atomic mass is 16.5. The van der Waals surface area contributed by atoms with Crippen LogP contribution in [0.1, 0.15) is 48.1 Å². The SMILES string of the molecule is COc1ccc(C2C(C(=O)N3CCN(C(=O)C(C)Oc4ccc(C)cc4C)CC3)CCC(=O)N2c2ccc(C)cc2)cc1OC. The van der Waals surface area contributed by atoms with Crippen molar-refractivity contribution in [3.8, 4) is 17.2 Å². The number of methoxy groups -OCH3 is 2. The molecule has 45 heavy (non-hydrogen) atoms. The summed E-state index contributed by atoms with van der Waals surface area (Å²) >= 11 is 0. The first kappa shape index (κ1) is 31.9. The van der Waals surface area contributed by atoms with E-state index in [1.807, 2.05) is 86.3 Å². The molecule has 2 aliphatic rings. The molecular weight excluding hydrogens is 570 g/mol. The molecule has 5 rings (SSSR count). The van der Waals surface area contributed by atoms with Crippen LogP contribution in [0.5, 0.6) is 17.2 Å². The topological polar surface area (TPSA) is 88.6 Å². The molecule has 0 spiro atoms. The van der Waals surface area contributed by atoms with Crippen LogP contribution < -0.4 is 19.1 Å². The zero-order valence-corrected chi connectivity index (χ0v) is 27.0. The highest BCUT2D eigenvalue weighted by molar-refractivity contribution is 5.97. The first-order valence-corrected chi connectivity index (χ1v) is 15.5. The summed E-state index contributed by atoms with van der Waals surface area (Å²) < 4.78 is 17.1. The fourth-order valence-electron chi connectivity index (χ4n) is 6.39. The Kier molecular flexibility index (Phi) is 9.65. The fraction of sp³-hybridized carbons (Fsp3) is 0.417. The number of amides is 3. The molecule has 0 aromatic heterocycles. The number of ether oxygens (including phenoxy) is 3. The van der Waals surface area contributed by atoms with Crippen molar-refractivity contribution in [3.63, 3.8) is 0 Å². The van der Waals surface area contributed by atoms with Crippen molar-refractivity contribution in [3.05, 3.63) is 82.9 Å². The molecule has 9 heteroatoms. The number of carbonyl (C=O) groups excluding carboxylic acids is 3. The maximum Gasteiger partial charge on any atom is 0.263 e. The standard InChI is InChI=1S/C36H43N3O6/c1-23-7-11-28(12-8-23)39-33(40)16-13-29(34(39)27-10-15-31(43-5)32(22-27)44-6)36(42)38-19-17-37(18-20-38)35(41)26(4)45-30-14-9-24(2)21-25(30)3/h7-12,14-15,21-22,26,29,34H,13,16-20H2,1-6H3. The van der Waals surface area contributed by atoms with Gasteiger partial charge in [0.05, 0.1) is 26.2 Å². The van der Waals surface area contributed by atoms with Crippen LogP contribution in [0.25, 0.3) is 0 Å². The van der Waals surface area contributed by atoms with Crippen LogP contribution in [0.2, 0.25) is 0 Å². The Morgan fingerprint density at radius 2 is 1.40 bits per heavy atom. The highest BCUT2D eigenvalue weighted by Crippen LogP contribution is 2.43. The highest BCUT2D eigenvalue weighted by Gasteiger charge is 2.44. The van der Waals surface area contributed by atoms with Crippen LogP contribution in [0, 0.1) is 26.7 Å². The Labute approximate surface area is 265 Å². The number of piperidine rings is 1. The molecule has 2 heterocycles. The second-order valence-corrected chi connectivity index (χ2v) is 12.0. The first-order chi connectivity index (χ1) is 21.6. The molecule has 0 aliphatic carbocycles. The van der Waals surface area contributed by atoms with Crippen LogP contribution in [0.3, 0.4) is 0 Å². The lowest BCUT2D eigenvalue weighted by Crippen LogP contribution is -2.56. The molecule has 0 N–H and O–H groups in total. The van der Waals surface area contributed by atoms with Crippen LogP contribution >= 0.6 is 0 Å². The summed E-state index contributed by atoms with van der Waals surface area (Å²) in [5, 5.41) is 0. The molecule has 2 aliphatic heterocycles. The Hall–Kier alpha value is -4.53. The predicted molar refractivity (Wildman–Crippen MR) is 173 cm³/mol. The van der Waals surface area contributed by atoms with Crippen molar-refractivity contribution in [1.29, 1.82) is 0 Å². The zero-order valence-electron chi connectivity index (χ0n) is 27.0. The van der Waals surface area contributed by atoms with Gasteiger partial charge in [0, 0.05) is 38.3 Å². The van der Waals surface area contributed by atoms with Gasteiger partial charge in [-0.15, -0.1) is 0 Å². The molecule has 3 unspecified atom stereocenters. The van der Waals surface area contributed by atoms with Gasteiger partial charge in [0.25, 0.3) is 5.91 Å². The van der Waals surface area contributed by atoms with Gasteiger partial charge in [-0.3, -0.25) is 14.4 Å². The molecule has 0 radical (unpaired) electrons. The smallest absolute Gasteiger partial charge is 0.263 e. The summed E-state index contributed by atoms with van der Waals surface area (Å²) in [5.41, 5.74) is 4.75. The van der Waals surface area contributed by atoms with E-state index in [0.717, 1.165) is 27.9 Å². The molecular formula is C36H43N3O6. The van der Waals surface area contributed by atoms with Gasteiger partial charge in [0.1, 0.15) is 5.75 Å². The van der Waals surface area contributed by atoms with Gasteiger partial charge in [-0.2, -0.15) is 0 Å². The van der Waals surface area contributed by atoms with Crippen molar-refractivity contribution in [1.82, 2.24) is 9.80 Å². The largest absolute Gasteiger partial charge is 0.493 e. The Balaban J connectivity index is 1.35. The molecule has 3 amide bonds. The Bertz CT molecular complexity index is 1550. The van der Waals surface area contributed by atoms with E-state index >= 15 is 0 Å². The molecule has 3 aromatic carbocycles. The van der Waals surface area contributed by atoms with Crippen molar-refractivity contribution < 1.29 is 28.6 Å². The van der Waals surface area contributed by atoms with E-state index in [1.165, 1.54) is 0 Å². The van der Waals surface area contributed by atoms with E-state index in [9.17, 15) is 14.4 Å². The Morgan fingerprint density at radius 1 is 0.778 bits per heavy atom. The lowest BCUT2D eigenvalue weighted by molar-refractivity contribution is -0.146. The second-order valence-electron chi connectivity index (χ2n) is 12.0. The third-order valence-corrected chi connectivity index (χ3v) is 8.86. The third-order valence-electron chi connectivity index (χ3n) is 8.86. The van der Waals surface area contributed by atoms with Crippen LogP contribution in [0.15, 0.2) is 60.7 Å². The predicted octanol–water partition coefficient (Wildman–Crippen LogP) is 5.25. The Morgan fingerprint density at radius 3 is 2.04 bits per heavy atom. The number of aryl methyl sites for hydroxylation is 3. The molecule has 9 nitrogen and oxygen atoms in total. The summed E-state index contributed by atoms with van der Waals surface area (Å²) in [4.78, 5) is 46.5. The molecule has 2 fully saturated rings. The van der Waals surface area contributed by atoms with Gasteiger partial charge in [0.2, 0.25) is 11.8 Å². The number of benzene rings is 3. The molecule has 0 bridgehead atoms. The minimum absolute atomic E-state index is 0.0222. The van der Waals surface area contributed by atoms with E-state index < -0.39 is 18.1 Å². The summed E-state index contributed by atoms with van der Waals surface area (Å²) in [5.74, 6) is 1.18. The van der Waals surface area contributed by atoms with E-state index in [2.05, 4.69) is 0 Å². The number of carbonyl (C=O) groups is 3. The zero-order chi connectivity index (χ0) is 32.2. The number of hydrogen-bond donors (Lipinski definition) is 0. The third kappa shape index (κ3) is 6.77. The minimum atomic E-state index is -0.643.